The highest BCUT2D eigenvalue weighted by atomic mass is 31.2. The van der Waals surface area contributed by atoms with Gasteiger partial charge in [0.15, 0.2) is 0 Å². The van der Waals surface area contributed by atoms with E-state index in [4.69, 9.17) is 14.5 Å². The first-order chi connectivity index (χ1) is 6.64. The third kappa shape index (κ3) is 2.86. The lowest BCUT2D eigenvalue weighted by atomic mass is 10.1. The third-order valence-corrected chi connectivity index (χ3v) is 2.77. The highest BCUT2D eigenvalue weighted by Crippen LogP contribution is 2.39. The fourth-order valence-electron chi connectivity index (χ4n) is 1.23. The number of aliphatic hydroxyl groups is 1. The van der Waals surface area contributed by atoms with Crippen LogP contribution in [0.25, 0.3) is 0 Å². The van der Waals surface area contributed by atoms with Crippen LogP contribution in [0.3, 0.4) is 0 Å². The number of hydrogen-bond acceptors (Lipinski definition) is 4. The van der Waals surface area contributed by atoms with Crippen molar-refractivity contribution in [2.45, 2.75) is 31.2 Å². The van der Waals surface area contributed by atoms with E-state index in [1.807, 2.05) is 0 Å². The van der Waals surface area contributed by atoms with Crippen molar-refractivity contribution in [2.24, 2.45) is 0 Å². The standard InChI is InChI=1S/C8H13F2O4P/c1-5-8(9,10)7(11)6(14-5)3-4-15(2,12)13/h3-7,11-13H,2H2,1H3/b4-3+/t5-,6+,7?/m0/s1. The minimum atomic E-state index is -3.42. The maximum absolute atomic E-state index is 13.1. The second kappa shape index (κ2) is 3.96. The molecule has 1 saturated heterocycles. The molecule has 1 aliphatic rings. The number of hydrogen-bond donors (Lipinski definition) is 3. The summed E-state index contributed by atoms with van der Waals surface area (Å²) in [6, 6.07) is 0. The molecule has 1 heterocycles. The summed E-state index contributed by atoms with van der Waals surface area (Å²) in [6.45, 7) is 1.14. The normalized spacial score (nSPS) is 36.3. The van der Waals surface area contributed by atoms with Crippen molar-refractivity contribution in [3.05, 3.63) is 11.9 Å². The molecular weight excluding hydrogens is 229 g/mol. The van der Waals surface area contributed by atoms with Crippen LogP contribution >= 0.6 is 7.34 Å². The zero-order valence-electron chi connectivity index (χ0n) is 8.05. The van der Waals surface area contributed by atoms with E-state index in [1.54, 1.807) is 0 Å². The molecule has 0 aromatic heterocycles. The number of alkyl halides is 2. The van der Waals surface area contributed by atoms with Crippen LogP contribution in [0.5, 0.6) is 0 Å². The predicted molar refractivity (Wildman–Crippen MR) is 52.9 cm³/mol. The van der Waals surface area contributed by atoms with E-state index in [2.05, 4.69) is 6.30 Å². The van der Waals surface area contributed by atoms with Gasteiger partial charge in [-0.2, -0.15) is 0 Å². The van der Waals surface area contributed by atoms with Crippen LogP contribution in [0.1, 0.15) is 6.92 Å². The molecule has 0 saturated carbocycles. The molecule has 88 valence electrons. The Labute approximate surface area is 85.9 Å². The van der Waals surface area contributed by atoms with Gasteiger partial charge < -0.3 is 19.6 Å². The van der Waals surface area contributed by atoms with Crippen molar-refractivity contribution >= 4 is 13.6 Å². The van der Waals surface area contributed by atoms with E-state index >= 15 is 0 Å². The number of rotatable bonds is 2. The average molecular weight is 242 g/mol. The molecule has 1 unspecified atom stereocenters. The van der Waals surface area contributed by atoms with Crippen molar-refractivity contribution in [3.63, 3.8) is 0 Å². The van der Waals surface area contributed by atoms with Gasteiger partial charge >= 0.3 is 5.92 Å². The summed E-state index contributed by atoms with van der Waals surface area (Å²) in [5, 5.41) is 9.19. The van der Waals surface area contributed by atoms with Crippen molar-refractivity contribution in [2.75, 3.05) is 0 Å². The molecule has 1 rings (SSSR count). The Morgan fingerprint density at radius 2 is 2.00 bits per heavy atom. The van der Waals surface area contributed by atoms with Crippen LogP contribution in [0.2, 0.25) is 0 Å². The van der Waals surface area contributed by atoms with E-state index in [0.29, 0.717) is 0 Å². The minimum Gasteiger partial charge on any atom is -0.384 e. The maximum Gasteiger partial charge on any atom is 0.301 e. The predicted octanol–water partition coefficient (Wildman–Crippen LogP) is 0.548. The van der Waals surface area contributed by atoms with Crippen LogP contribution in [-0.2, 0) is 4.74 Å². The Kier molecular flexibility index (Phi) is 3.38. The maximum atomic E-state index is 13.1. The van der Waals surface area contributed by atoms with E-state index in [0.717, 1.165) is 18.8 Å². The van der Waals surface area contributed by atoms with Crippen LogP contribution in [0, 0.1) is 0 Å². The van der Waals surface area contributed by atoms with Gasteiger partial charge in [0.1, 0.15) is 25.7 Å². The van der Waals surface area contributed by atoms with E-state index in [9.17, 15) is 13.9 Å². The molecule has 0 radical (unpaired) electrons. The van der Waals surface area contributed by atoms with Crippen molar-refractivity contribution in [1.82, 2.24) is 0 Å². The molecule has 0 bridgehead atoms. The summed E-state index contributed by atoms with van der Waals surface area (Å²) in [6.07, 6.45) is -0.597. The van der Waals surface area contributed by atoms with E-state index in [-0.39, 0.29) is 0 Å². The number of aliphatic hydroxyl groups excluding tert-OH is 1. The first-order valence-electron chi connectivity index (χ1n) is 4.24. The first kappa shape index (κ1) is 12.8. The smallest absolute Gasteiger partial charge is 0.301 e. The van der Waals surface area contributed by atoms with Gasteiger partial charge in [0.05, 0.1) is 0 Å². The Balaban J connectivity index is 2.76. The average Bonchev–Trinajstić information content (AvgIpc) is 2.25. The van der Waals surface area contributed by atoms with Gasteiger partial charge in [-0.15, -0.1) is 0 Å². The second-order valence-corrected chi connectivity index (χ2v) is 5.36. The lowest BCUT2D eigenvalue weighted by molar-refractivity contribution is -0.105. The number of ether oxygens (including phenoxy) is 1. The van der Waals surface area contributed by atoms with Crippen LogP contribution in [0.15, 0.2) is 11.9 Å². The fraction of sp³-hybridized carbons (Fsp3) is 0.625. The summed E-state index contributed by atoms with van der Waals surface area (Å²) in [4.78, 5) is 17.8. The molecule has 1 aliphatic heterocycles. The zero-order chi connectivity index (χ0) is 11.9. The molecule has 0 aromatic carbocycles. The monoisotopic (exact) mass is 242 g/mol. The Morgan fingerprint density at radius 1 is 1.47 bits per heavy atom. The summed E-state index contributed by atoms with van der Waals surface area (Å²) in [5.74, 6) is -2.45. The number of halogens is 2. The van der Waals surface area contributed by atoms with Crippen LogP contribution in [0.4, 0.5) is 8.78 Å². The van der Waals surface area contributed by atoms with Gasteiger partial charge in [0, 0.05) is 0 Å². The largest absolute Gasteiger partial charge is 0.384 e. The summed E-state index contributed by atoms with van der Waals surface area (Å²) in [7, 11) is -3.42. The highest BCUT2D eigenvalue weighted by molar-refractivity contribution is 7.65. The van der Waals surface area contributed by atoms with Gasteiger partial charge in [-0.3, -0.25) is 0 Å². The topological polar surface area (TPSA) is 69.9 Å². The van der Waals surface area contributed by atoms with E-state index < -0.39 is 31.6 Å². The van der Waals surface area contributed by atoms with Gasteiger partial charge in [-0.25, -0.2) is 8.78 Å². The summed E-state index contributed by atoms with van der Waals surface area (Å²) in [5.41, 5.74) is 0. The summed E-state index contributed by atoms with van der Waals surface area (Å²) >= 11 is 0. The quantitative estimate of drug-likeness (QED) is 0.618. The van der Waals surface area contributed by atoms with E-state index in [1.165, 1.54) is 0 Å². The zero-order valence-corrected chi connectivity index (χ0v) is 8.94. The molecular formula is C8H13F2O4P. The van der Waals surface area contributed by atoms with Crippen molar-refractivity contribution < 1.29 is 28.4 Å². The molecule has 15 heavy (non-hydrogen) atoms. The van der Waals surface area contributed by atoms with Gasteiger partial charge in [-0.1, -0.05) is 0 Å². The van der Waals surface area contributed by atoms with Gasteiger partial charge in [0.2, 0.25) is 0 Å². The second-order valence-electron chi connectivity index (χ2n) is 3.49. The molecule has 0 spiro atoms. The lowest BCUT2D eigenvalue weighted by Crippen LogP contribution is -2.38. The molecule has 0 aromatic rings. The lowest BCUT2D eigenvalue weighted by Gasteiger charge is -2.15. The van der Waals surface area contributed by atoms with Crippen LogP contribution in [-0.4, -0.2) is 45.4 Å². The van der Waals surface area contributed by atoms with Crippen molar-refractivity contribution in [3.8, 4) is 0 Å². The minimum absolute atomic E-state index is 0.884. The molecule has 0 amide bonds. The molecule has 1 fully saturated rings. The molecule has 0 aliphatic carbocycles. The molecule has 3 atom stereocenters. The first-order valence-corrected chi connectivity index (χ1v) is 6.19. The Bertz CT molecular complexity index is 312. The SMILES string of the molecule is C=P(O)(O)/C=C/[C@H]1O[C@@H](C)C(F)(F)C1O. The Hall–Kier alpha value is -0.260. The molecule has 4 nitrogen and oxygen atoms in total. The highest BCUT2D eigenvalue weighted by Gasteiger charge is 2.55. The molecule has 3 N–H and O–H groups in total. The van der Waals surface area contributed by atoms with Crippen molar-refractivity contribution in [1.29, 1.82) is 0 Å². The third-order valence-electron chi connectivity index (χ3n) is 2.12. The molecule has 7 heteroatoms. The van der Waals surface area contributed by atoms with Crippen LogP contribution < -0.4 is 0 Å². The fourth-order valence-corrected chi connectivity index (χ4v) is 1.68. The van der Waals surface area contributed by atoms with Gasteiger partial charge in [-0.05, 0) is 25.1 Å². The Morgan fingerprint density at radius 3 is 2.33 bits per heavy atom. The summed E-state index contributed by atoms with van der Waals surface area (Å²) < 4.78 is 30.9. The van der Waals surface area contributed by atoms with Gasteiger partial charge in [0.25, 0.3) is 0 Å².